The van der Waals surface area contributed by atoms with Crippen LogP contribution in [-0.4, -0.2) is 32.5 Å². The molecule has 0 spiro atoms. The molecule has 0 atom stereocenters. The van der Waals surface area contributed by atoms with Crippen LogP contribution in [0.25, 0.3) is 6.08 Å². The minimum Gasteiger partial charge on any atom is -0.325 e. The van der Waals surface area contributed by atoms with Gasteiger partial charge >= 0.3 is 0 Å². The number of anilines is 1. The monoisotopic (exact) mass is 425 g/mol. The Morgan fingerprint density at radius 2 is 1.86 bits per heavy atom. The molecule has 1 aliphatic rings. The molecule has 1 N–H and O–H groups in total. The third-order valence-electron chi connectivity index (χ3n) is 3.87. The maximum absolute atomic E-state index is 12.5. The van der Waals surface area contributed by atoms with Crippen molar-refractivity contribution in [2.75, 3.05) is 11.9 Å². The van der Waals surface area contributed by atoms with Crippen LogP contribution in [0.4, 0.5) is 11.4 Å². The van der Waals surface area contributed by atoms with Gasteiger partial charge in [0.15, 0.2) is 0 Å². The smallest absolute Gasteiger partial charge is 0.269 e. The topological polar surface area (TPSA) is 92.6 Å². The van der Waals surface area contributed by atoms with Gasteiger partial charge in [-0.05, 0) is 23.8 Å². The summed E-state index contributed by atoms with van der Waals surface area (Å²) in [6.07, 6.45) is 5.30. The summed E-state index contributed by atoms with van der Waals surface area (Å²) in [5.74, 6) is -0.784. The van der Waals surface area contributed by atoms with Crippen LogP contribution < -0.4 is 5.32 Å². The Balaban J connectivity index is 1.60. The largest absolute Gasteiger partial charge is 0.325 e. The average Bonchev–Trinajstić information content (AvgIpc) is 2.97. The standard InChI is InChI=1S/C20H15N3O4S2/c24-18(21-15-9-11-16(12-10-15)23(26)27)13-22-19(25)17(29-20(22)28)8-4-7-14-5-2-1-3-6-14/h1-12H,13H2,(H,21,24)/b7-4+,17-8+. The van der Waals surface area contributed by atoms with Crippen molar-refractivity contribution in [2.24, 2.45) is 0 Å². The van der Waals surface area contributed by atoms with Gasteiger partial charge in [0.1, 0.15) is 10.9 Å². The number of thiocarbonyl (C=S) groups is 1. The van der Waals surface area contributed by atoms with Gasteiger partial charge in [-0.15, -0.1) is 0 Å². The third kappa shape index (κ3) is 5.37. The van der Waals surface area contributed by atoms with Crippen LogP contribution >= 0.6 is 24.0 Å². The van der Waals surface area contributed by atoms with Crippen LogP contribution in [0.2, 0.25) is 0 Å². The molecule has 1 fully saturated rings. The number of hydrogen-bond donors (Lipinski definition) is 1. The molecule has 29 heavy (non-hydrogen) atoms. The zero-order chi connectivity index (χ0) is 20.8. The Kier molecular flexibility index (Phi) is 6.53. The van der Waals surface area contributed by atoms with Crippen molar-refractivity contribution in [2.45, 2.75) is 0 Å². The predicted octanol–water partition coefficient (Wildman–Crippen LogP) is 3.99. The fourth-order valence-corrected chi connectivity index (χ4v) is 3.68. The molecule has 0 radical (unpaired) electrons. The van der Waals surface area contributed by atoms with Crippen molar-refractivity contribution >= 4 is 57.6 Å². The summed E-state index contributed by atoms with van der Waals surface area (Å²) in [5.41, 5.74) is 1.32. The van der Waals surface area contributed by atoms with Crippen molar-refractivity contribution in [3.63, 3.8) is 0 Å². The van der Waals surface area contributed by atoms with Crippen LogP contribution in [0.5, 0.6) is 0 Å². The lowest BCUT2D eigenvalue weighted by Crippen LogP contribution is -2.36. The molecule has 9 heteroatoms. The van der Waals surface area contributed by atoms with Gasteiger partial charge in [-0.1, -0.05) is 66.5 Å². The number of rotatable bonds is 6. The van der Waals surface area contributed by atoms with Gasteiger partial charge < -0.3 is 5.32 Å². The third-order valence-corrected chi connectivity index (χ3v) is 5.27. The molecule has 2 amide bonds. The van der Waals surface area contributed by atoms with Gasteiger partial charge in [-0.2, -0.15) is 0 Å². The van der Waals surface area contributed by atoms with Crippen LogP contribution in [-0.2, 0) is 9.59 Å². The summed E-state index contributed by atoms with van der Waals surface area (Å²) in [5, 5.41) is 13.3. The number of carbonyl (C=O) groups excluding carboxylic acids is 2. The Hall–Kier alpha value is -3.30. The van der Waals surface area contributed by atoms with E-state index in [0.29, 0.717) is 14.9 Å². The number of benzene rings is 2. The van der Waals surface area contributed by atoms with E-state index in [4.69, 9.17) is 12.2 Å². The van der Waals surface area contributed by atoms with Crippen LogP contribution in [0.1, 0.15) is 5.56 Å². The molecular formula is C20H15N3O4S2. The second-order valence-corrected chi connectivity index (χ2v) is 7.59. The van der Waals surface area contributed by atoms with Gasteiger partial charge in [-0.25, -0.2) is 0 Å². The van der Waals surface area contributed by atoms with Crippen LogP contribution in [0.3, 0.4) is 0 Å². The molecule has 1 saturated heterocycles. The zero-order valence-electron chi connectivity index (χ0n) is 15.0. The fraction of sp³-hybridized carbons (Fsp3) is 0.0500. The summed E-state index contributed by atoms with van der Waals surface area (Å²) >= 11 is 6.35. The van der Waals surface area contributed by atoms with E-state index in [9.17, 15) is 19.7 Å². The molecule has 1 aliphatic heterocycles. The van der Waals surface area contributed by atoms with E-state index in [2.05, 4.69) is 5.32 Å². The summed E-state index contributed by atoms with van der Waals surface area (Å²) in [7, 11) is 0. The number of non-ortho nitro benzene ring substituents is 1. The van der Waals surface area contributed by atoms with E-state index in [1.807, 2.05) is 36.4 Å². The highest BCUT2D eigenvalue weighted by molar-refractivity contribution is 8.26. The molecule has 0 unspecified atom stereocenters. The van der Waals surface area contributed by atoms with Crippen molar-refractivity contribution in [1.82, 2.24) is 4.90 Å². The first-order valence-corrected chi connectivity index (χ1v) is 9.68. The lowest BCUT2D eigenvalue weighted by molar-refractivity contribution is -0.384. The zero-order valence-corrected chi connectivity index (χ0v) is 16.6. The molecule has 0 bridgehead atoms. The average molecular weight is 425 g/mol. The van der Waals surface area contributed by atoms with E-state index in [0.717, 1.165) is 17.3 Å². The number of amides is 2. The molecule has 7 nitrogen and oxygen atoms in total. The van der Waals surface area contributed by atoms with Gasteiger partial charge in [0.25, 0.3) is 11.6 Å². The first-order chi connectivity index (χ1) is 13.9. The minimum absolute atomic E-state index is 0.0753. The second kappa shape index (κ2) is 9.26. The van der Waals surface area contributed by atoms with Gasteiger partial charge in [0, 0.05) is 17.8 Å². The SMILES string of the molecule is O=C(CN1C(=O)/C(=C\C=C\c2ccccc2)SC1=S)Nc1ccc([N+](=O)[O-])cc1. The number of allylic oxidation sites excluding steroid dienone is 2. The maximum Gasteiger partial charge on any atom is 0.269 e. The Morgan fingerprint density at radius 3 is 2.52 bits per heavy atom. The van der Waals surface area contributed by atoms with Gasteiger partial charge in [0.2, 0.25) is 5.91 Å². The second-order valence-electron chi connectivity index (χ2n) is 5.91. The molecule has 3 rings (SSSR count). The van der Waals surface area contributed by atoms with E-state index in [1.54, 1.807) is 12.2 Å². The number of nitrogens with one attached hydrogen (secondary N) is 1. The van der Waals surface area contributed by atoms with E-state index >= 15 is 0 Å². The van der Waals surface area contributed by atoms with Crippen molar-refractivity contribution < 1.29 is 14.5 Å². The van der Waals surface area contributed by atoms with Crippen molar-refractivity contribution in [1.29, 1.82) is 0 Å². The Morgan fingerprint density at radius 1 is 1.17 bits per heavy atom. The Bertz CT molecular complexity index is 1020. The number of nitrogens with zero attached hydrogens (tertiary/aromatic N) is 2. The number of hydrogen-bond acceptors (Lipinski definition) is 6. The van der Waals surface area contributed by atoms with E-state index in [1.165, 1.54) is 29.2 Å². The number of thioether (sulfide) groups is 1. The first-order valence-electron chi connectivity index (χ1n) is 8.45. The van der Waals surface area contributed by atoms with Crippen LogP contribution in [0, 0.1) is 10.1 Å². The summed E-state index contributed by atoms with van der Waals surface area (Å²) < 4.78 is 0.299. The van der Waals surface area contributed by atoms with Gasteiger partial charge in [0.05, 0.1) is 9.83 Å². The predicted molar refractivity (Wildman–Crippen MR) is 117 cm³/mol. The highest BCUT2D eigenvalue weighted by Gasteiger charge is 2.33. The van der Waals surface area contributed by atoms with E-state index in [-0.39, 0.29) is 18.1 Å². The van der Waals surface area contributed by atoms with Crippen molar-refractivity contribution in [3.8, 4) is 0 Å². The number of carbonyl (C=O) groups is 2. The summed E-state index contributed by atoms with van der Waals surface area (Å²) in [6.45, 7) is -0.235. The minimum atomic E-state index is -0.524. The van der Waals surface area contributed by atoms with Gasteiger partial charge in [-0.3, -0.25) is 24.6 Å². The number of nitro groups is 1. The summed E-state index contributed by atoms with van der Waals surface area (Å²) in [4.78, 5) is 36.6. The lowest BCUT2D eigenvalue weighted by Gasteiger charge is -2.14. The highest BCUT2D eigenvalue weighted by Crippen LogP contribution is 2.31. The summed E-state index contributed by atoms with van der Waals surface area (Å²) in [6, 6.07) is 15.1. The molecule has 2 aromatic carbocycles. The number of nitro benzene ring substituents is 1. The Labute approximate surface area is 176 Å². The molecule has 0 aromatic heterocycles. The molecule has 1 heterocycles. The molecule has 146 valence electrons. The molecular weight excluding hydrogens is 410 g/mol. The van der Waals surface area contributed by atoms with Crippen molar-refractivity contribution in [3.05, 3.63) is 87.3 Å². The quantitative estimate of drug-likeness (QED) is 0.326. The molecule has 0 aliphatic carbocycles. The molecule has 0 saturated carbocycles. The lowest BCUT2D eigenvalue weighted by atomic mass is 10.2. The van der Waals surface area contributed by atoms with Crippen LogP contribution in [0.15, 0.2) is 71.7 Å². The highest BCUT2D eigenvalue weighted by atomic mass is 32.2. The molecule has 2 aromatic rings. The first kappa shape index (κ1) is 20.4. The normalized spacial score (nSPS) is 15.3. The maximum atomic E-state index is 12.5. The van der Waals surface area contributed by atoms with E-state index < -0.39 is 10.8 Å². The fourth-order valence-electron chi connectivity index (χ4n) is 2.47.